The van der Waals surface area contributed by atoms with Crippen molar-refractivity contribution < 1.29 is 14.4 Å². The second kappa shape index (κ2) is 6.36. The summed E-state index contributed by atoms with van der Waals surface area (Å²) in [5, 5.41) is 13.1. The van der Waals surface area contributed by atoms with E-state index in [0.29, 0.717) is 36.2 Å². The molecule has 1 aliphatic carbocycles. The van der Waals surface area contributed by atoms with Gasteiger partial charge in [-0.3, -0.25) is 4.79 Å². The molecule has 122 valence electrons. The molecule has 0 radical (unpaired) electrons. The van der Waals surface area contributed by atoms with E-state index in [1.807, 2.05) is 0 Å². The van der Waals surface area contributed by atoms with Gasteiger partial charge in [0.1, 0.15) is 5.56 Å². The lowest BCUT2D eigenvalue weighted by atomic mass is 10.1. The Kier molecular flexibility index (Phi) is 4.27. The molecule has 0 aromatic carbocycles. The van der Waals surface area contributed by atoms with Gasteiger partial charge in [0.2, 0.25) is 5.89 Å². The quantitative estimate of drug-likeness (QED) is 0.907. The van der Waals surface area contributed by atoms with Gasteiger partial charge in [-0.25, -0.2) is 4.79 Å². The van der Waals surface area contributed by atoms with Crippen LogP contribution in [0.25, 0.3) is 0 Å². The van der Waals surface area contributed by atoms with Gasteiger partial charge in [0.25, 0.3) is 5.56 Å². The van der Waals surface area contributed by atoms with Crippen molar-refractivity contribution in [1.82, 2.24) is 14.7 Å². The number of hydrogen-bond acceptors (Lipinski definition) is 5. The molecule has 0 saturated heterocycles. The highest BCUT2D eigenvalue weighted by Gasteiger charge is 2.23. The van der Waals surface area contributed by atoms with Gasteiger partial charge >= 0.3 is 5.97 Å². The first-order valence-electron chi connectivity index (χ1n) is 7.82. The van der Waals surface area contributed by atoms with Gasteiger partial charge < -0.3 is 14.2 Å². The molecule has 7 nitrogen and oxygen atoms in total. The first-order chi connectivity index (χ1) is 11.1. The highest BCUT2D eigenvalue weighted by atomic mass is 16.5. The summed E-state index contributed by atoms with van der Waals surface area (Å²) in [6.45, 7) is 1.94. The molecule has 1 N–H and O–H groups in total. The zero-order valence-electron chi connectivity index (χ0n) is 13.0. The van der Waals surface area contributed by atoms with Crippen LogP contribution in [0.4, 0.5) is 0 Å². The lowest BCUT2D eigenvalue weighted by Gasteiger charge is -2.07. The SMILES string of the molecule is Cc1ccn(CCc2noc(C3CCCC3)n2)c(=O)c1C(=O)O. The minimum atomic E-state index is -1.20. The predicted molar refractivity (Wildman–Crippen MR) is 81.6 cm³/mol. The molecule has 2 aromatic heterocycles. The van der Waals surface area contributed by atoms with E-state index in [4.69, 9.17) is 9.63 Å². The fourth-order valence-corrected chi connectivity index (χ4v) is 3.03. The van der Waals surface area contributed by atoms with Gasteiger partial charge in [-0.05, 0) is 31.4 Å². The third-order valence-electron chi connectivity index (χ3n) is 4.35. The summed E-state index contributed by atoms with van der Waals surface area (Å²) < 4.78 is 6.68. The molecule has 7 heteroatoms. The number of rotatable bonds is 5. The Morgan fingerprint density at radius 1 is 1.43 bits per heavy atom. The number of aryl methyl sites for hydroxylation is 3. The topological polar surface area (TPSA) is 98.2 Å². The van der Waals surface area contributed by atoms with Gasteiger partial charge in [0.05, 0.1) is 0 Å². The number of carbonyl (C=O) groups is 1. The number of hydrogen-bond donors (Lipinski definition) is 1. The van der Waals surface area contributed by atoms with Crippen LogP contribution in [-0.2, 0) is 13.0 Å². The molecule has 0 atom stereocenters. The molecule has 0 amide bonds. The molecule has 2 heterocycles. The van der Waals surface area contributed by atoms with Crippen molar-refractivity contribution in [3.63, 3.8) is 0 Å². The Morgan fingerprint density at radius 2 is 2.17 bits per heavy atom. The van der Waals surface area contributed by atoms with Crippen molar-refractivity contribution in [2.45, 2.75) is 51.5 Å². The minimum absolute atomic E-state index is 0.188. The van der Waals surface area contributed by atoms with Crippen LogP contribution in [0.3, 0.4) is 0 Å². The van der Waals surface area contributed by atoms with Crippen LogP contribution < -0.4 is 5.56 Å². The number of carboxylic acid groups (broad SMARTS) is 1. The summed E-state index contributed by atoms with van der Waals surface area (Å²) in [5.41, 5.74) is -0.230. The van der Waals surface area contributed by atoms with Crippen LogP contribution in [0.1, 0.15) is 59.2 Å². The monoisotopic (exact) mass is 317 g/mol. The molecule has 1 fully saturated rings. The van der Waals surface area contributed by atoms with Crippen molar-refractivity contribution >= 4 is 5.97 Å². The van der Waals surface area contributed by atoms with Crippen molar-refractivity contribution in [2.75, 3.05) is 0 Å². The lowest BCUT2D eigenvalue weighted by Crippen LogP contribution is -2.27. The van der Waals surface area contributed by atoms with Crippen LogP contribution in [0.5, 0.6) is 0 Å². The number of aromatic carboxylic acids is 1. The van der Waals surface area contributed by atoms with Crippen molar-refractivity contribution in [3.05, 3.63) is 45.5 Å². The molecule has 0 spiro atoms. The Morgan fingerprint density at radius 3 is 2.87 bits per heavy atom. The van der Waals surface area contributed by atoms with Gasteiger partial charge in [-0.1, -0.05) is 18.0 Å². The maximum Gasteiger partial charge on any atom is 0.341 e. The van der Waals surface area contributed by atoms with Crippen molar-refractivity contribution in [1.29, 1.82) is 0 Å². The fraction of sp³-hybridized carbons (Fsp3) is 0.500. The predicted octanol–water partition coefficient (Wildman–Crippen LogP) is 2.14. The number of nitrogens with zero attached hydrogens (tertiary/aromatic N) is 3. The van der Waals surface area contributed by atoms with E-state index in [1.165, 1.54) is 17.4 Å². The first-order valence-corrected chi connectivity index (χ1v) is 7.82. The first kappa shape index (κ1) is 15.5. The molecule has 2 aromatic rings. The average molecular weight is 317 g/mol. The van der Waals surface area contributed by atoms with E-state index in [9.17, 15) is 9.59 Å². The normalized spacial score (nSPS) is 15.2. The van der Waals surface area contributed by atoms with Crippen LogP contribution in [0.2, 0.25) is 0 Å². The highest BCUT2D eigenvalue weighted by molar-refractivity contribution is 5.88. The second-order valence-electron chi connectivity index (χ2n) is 5.96. The average Bonchev–Trinajstić information content (AvgIpc) is 3.17. The maximum atomic E-state index is 12.2. The van der Waals surface area contributed by atoms with E-state index in [-0.39, 0.29) is 5.56 Å². The second-order valence-corrected chi connectivity index (χ2v) is 5.96. The fourth-order valence-electron chi connectivity index (χ4n) is 3.03. The standard InChI is InChI=1S/C16H19N3O4/c1-10-6-8-19(15(20)13(10)16(21)22)9-7-12-17-14(23-18-12)11-4-2-3-5-11/h6,8,11H,2-5,7,9H2,1H3,(H,21,22). The number of aromatic nitrogens is 3. The van der Waals surface area contributed by atoms with Crippen LogP contribution in [-0.4, -0.2) is 25.8 Å². The summed E-state index contributed by atoms with van der Waals surface area (Å²) in [6, 6.07) is 1.63. The Labute approximate surface area is 132 Å². The molecule has 0 bridgehead atoms. The molecule has 0 unspecified atom stereocenters. The van der Waals surface area contributed by atoms with Crippen LogP contribution in [0.15, 0.2) is 21.6 Å². The molecule has 3 rings (SSSR count). The third-order valence-corrected chi connectivity index (χ3v) is 4.35. The minimum Gasteiger partial charge on any atom is -0.477 e. The molecule has 0 aliphatic heterocycles. The van der Waals surface area contributed by atoms with Crippen molar-refractivity contribution in [3.8, 4) is 0 Å². The molecular weight excluding hydrogens is 298 g/mol. The zero-order valence-corrected chi connectivity index (χ0v) is 13.0. The van der Waals surface area contributed by atoms with Crippen molar-refractivity contribution in [2.24, 2.45) is 0 Å². The van der Waals surface area contributed by atoms with Gasteiger partial charge in [0.15, 0.2) is 5.82 Å². The Bertz CT molecular complexity index is 772. The smallest absolute Gasteiger partial charge is 0.341 e. The third kappa shape index (κ3) is 3.18. The largest absolute Gasteiger partial charge is 0.477 e. The summed E-state index contributed by atoms with van der Waals surface area (Å²) in [5.74, 6) is 0.387. The van der Waals surface area contributed by atoms with E-state index >= 15 is 0 Å². The molecule has 1 aliphatic rings. The summed E-state index contributed by atoms with van der Waals surface area (Å²) >= 11 is 0. The van der Waals surface area contributed by atoms with E-state index in [1.54, 1.807) is 19.2 Å². The maximum absolute atomic E-state index is 12.2. The van der Waals surface area contributed by atoms with Gasteiger partial charge in [-0.15, -0.1) is 0 Å². The number of carboxylic acids is 1. The molecule has 23 heavy (non-hydrogen) atoms. The van der Waals surface area contributed by atoms with E-state index < -0.39 is 11.5 Å². The lowest BCUT2D eigenvalue weighted by molar-refractivity contribution is 0.0693. The van der Waals surface area contributed by atoms with Crippen LogP contribution >= 0.6 is 0 Å². The molecular formula is C16H19N3O4. The summed E-state index contributed by atoms with van der Waals surface area (Å²) in [6.07, 6.45) is 6.58. The van der Waals surface area contributed by atoms with Gasteiger partial charge in [-0.2, -0.15) is 4.98 Å². The van der Waals surface area contributed by atoms with Crippen LogP contribution in [0, 0.1) is 6.92 Å². The molecule has 1 saturated carbocycles. The summed E-state index contributed by atoms with van der Waals surface area (Å²) in [4.78, 5) is 27.8. The zero-order chi connectivity index (χ0) is 16.4. The van der Waals surface area contributed by atoms with E-state index in [0.717, 1.165) is 12.8 Å². The number of pyridine rings is 1. The van der Waals surface area contributed by atoms with E-state index in [2.05, 4.69) is 10.1 Å². The Hall–Kier alpha value is -2.44. The Balaban J connectivity index is 1.72. The van der Waals surface area contributed by atoms with Gasteiger partial charge in [0, 0.05) is 25.1 Å². The highest BCUT2D eigenvalue weighted by Crippen LogP contribution is 2.32. The summed E-state index contributed by atoms with van der Waals surface area (Å²) in [7, 11) is 0.